The number of alkyl halides is 1. The van der Waals surface area contributed by atoms with E-state index >= 15 is 0 Å². The highest BCUT2D eigenvalue weighted by Crippen LogP contribution is 2.43. The summed E-state index contributed by atoms with van der Waals surface area (Å²) in [5, 5.41) is 7.95. The highest BCUT2D eigenvalue weighted by Gasteiger charge is 2.42. The fourth-order valence-electron chi connectivity index (χ4n) is 3.37. The second kappa shape index (κ2) is 4.91. The Labute approximate surface area is 141 Å². The molecule has 1 atom stereocenters. The number of halogens is 1. The van der Waals surface area contributed by atoms with Gasteiger partial charge in [0, 0.05) is 6.54 Å². The zero-order chi connectivity index (χ0) is 16.3. The molecule has 4 heterocycles. The van der Waals surface area contributed by atoms with Crippen LogP contribution >= 0.6 is 11.6 Å². The molecule has 1 saturated heterocycles. The van der Waals surface area contributed by atoms with Gasteiger partial charge in [0.1, 0.15) is 12.2 Å². The molecule has 0 unspecified atom stereocenters. The minimum Gasteiger partial charge on any atom is -0.418 e. The van der Waals surface area contributed by atoms with E-state index in [9.17, 15) is 4.79 Å². The first-order valence-electron chi connectivity index (χ1n) is 7.64. The second-order valence-corrected chi connectivity index (χ2v) is 6.07. The molecule has 1 amide bonds. The van der Waals surface area contributed by atoms with E-state index in [1.807, 2.05) is 33.7 Å². The van der Waals surface area contributed by atoms with Crippen molar-refractivity contribution in [2.24, 2.45) is 0 Å². The van der Waals surface area contributed by atoms with E-state index in [1.54, 1.807) is 6.33 Å². The fourth-order valence-corrected chi connectivity index (χ4v) is 3.48. The summed E-state index contributed by atoms with van der Waals surface area (Å²) in [5.41, 5.74) is 3.02. The molecule has 0 saturated carbocycles. The average molecular weight is 342 g/mol. The maximum Gasteiger partial charge on any atom is 0.268 e. The van der Waals surface area contributed by atoms with Crippen molar-refractivity contribution in [2.75, 3.05) is 6.54 Å². The normalized spacial score (nSPS) is 18.5. The zero-order valence-corrected chi connectivity index (χ0v) is 13.3. The SMILES string of the molecule is O=C1c2ccccc2-n2cnc(-c3nnc(CCl)o3)c2[C@@H]2CCN12. The standard InChI is InChI=1S/C16H12ClN5O2/c17-7-12-19-20-15(24-12)13-14-11-5-6-21(11)16(23)9-3-1-2-4-10(9)22(14)8-18-13/h1-4,8,11H,5-7H2/t11-/m0/s1. The Morgan fingerprint density at radius 2 is 2.17 bits per heavy atom. The molecule has 5 rings (SSSR count). The van der Waals surface area contributed by atoms with Gasteiger partial charge in [-0.25, -0.2) is 4.98 Å². The van der Waals surface area contributed by atoms with Gasteiger partial charge in [0.2, 0.25) is 5.89 Å². The second-order valence-electron chi connectivity index (χ2n) is 5.80. The zero-order valence-electron chi connectivity index (χ0n) is 12.5. The highest BCUT2D eigenvalue weighted by atomic mass is 35.5. The Morgan fingerprint density at radius 1 is 1.29 bits per heavy atom. The average Bonchev–Trinajstić information content (AvgIpc) is 3.19. The van der Waals surface area contributed by atoms with E-state index in [2.05, 4.69) is 15.2 Å². The molecule has 0 N–H and O–H groups in total. The molecular weight excluding hydrogens is 330 g/mol. The summed E-state index contributed by atoms with van der Waals surface area (Å²) in [4.78, 5) is 19.1. The van der Waals surface area contributed by atoms with E-state index < -0.39 is 0 Å². The molecular formula is C16H12ClN5O2. The lowest BCUT2D eigenvalue weighted by atomic mass is 9.97. The first kappa shape index (κ1) is 13.7. The van der Waals surface area contributed by atoms with Gasteiger partial charge < -0.3 is 9.32 Å². The summed E-state index contributed by atoms with van der Waals surface area (Å²) in [6.45, 7) is 0.735. The Kier molecular flexibility index (Phi) is 2.81. The number of hydrogen-bond acceptors (Lipinski definition) is 5. The molecule has 8 heteroatoms. The Hall–Kier alpha value is -2.67. The number of amides is 1. The summed E-state index contributed by atoms with van der Waals surface area (Å²) < 4.78 is 7.53. The number of fused-ring (bicyclic) bond motifs is 5. The molecule has 3 aromatic rings. The third-order valence-corrected chi connectivity index (χ3v) is 4.81. The van der Waals surface area contributed by atoms with Gasteiger partial charge in [0.05, 0.1) is 23.0 Å². The number of nitrogens with zero attached hydrogens (tertiary/aromatic N) is 5. The third-order valence-electron chi connectivity index (χ3n) is 4.58. The van der Waals surface area contributed by atoms with Crippen LogP contribution in [0.15, 0.2) is 35.0 Å². The molecule has 2 aliphatic rings. The van der Waals surface area contributed by atoms with Crippen LogP contribution in [0, 0.1) is 0 Å². The Bertz CT molecular complexity index is 963. The van der Waals surface area contributed by atoms with Crippen molar-refractivity contribution >= 4 is 17.5 Å². The number of benzene rings is 1. The smallest absolute Gasteiger partial charge is 0.268 e. The van der Waals surface area contributed by atoms with Gasteiger partial charge in [-0.1, -0.05) is 12.1 Å². The molecule has 1 fully saturated rings. The maximum absolute atomic E-state index is 12.8. The van der Waals surface area contributed by atoms with Gasteiger partial charge in [-0.3, -0.25) is 9.36 Å². The minimum atomic E-state index is -0.0336. The van der Waals surface area contributed by atoms with Crippen molar-refractivity contribution in [3.05, 3.63) is 47.7 Å². The van der Waals surface area contributed by atoms with E-state index in [-0.39, 0.29) is 17.8 Å². The topological polar surface area (TPSA) is 77.0 Å². The predicted octanol–water partition coefficient (Wildman–Crippen LogP) is 2.56. The van der Waals surface area contributed by atoms with Gasteiger partial charge in [0.25, 0.3) is 11.8 Å². The van der Waals surface area contributed by atoms with E-state index in [0.29, 0.717) is 23.0 Å². The van der Waals surface area contributed by atoms with E-state index in [1.165, 1.54) is 0 Å². The van der Waals surface area contributed by atoms with Crippen molar-refractivity contribution in [3.8, 4) is 17.3 Å². The molecule has 0 bridgehead atoms. The van der Waals surface area contributed by atoms with Crippen molar-refractivity contribution < 1.29 is 9.21 Å². The molecule has 0 radical (unpaired) electrons. The maximum atomic E-state index is 12.8. The molecule has 120 valence electrons. The Balaban J connectivity index is 1.75. The molecule has 0 aliphatic carbocycles. The fraction of sp³-hybridized carbons (Fsp3) is 0.250. The lowest BCUT2D eigenvalue weighted by Gasteiger charge is -2.39. The quantitative estimate of drug-likeness (QED) is 0.669. The van der Waals surface area contributed by atoms with Crippen LogP contribution in [0.25, 0.3) is 17.3 Å². The van der Waals surface area contributed by atoms with Crippen LogP contribution in [0.4, 0.5) is 0 Å². The molecule has 2 aliphatic heterocycles. The van der Waals surface area contributed by atoms with Crippen LogP contribution in [0.3, 0.4) is 0 Å². The van der Waals surface area contributed by atoms with Crippen LogP contribution in [0.1, 0.15) is 34.4 Å². The largest absolute Gasteiger partial charge is 0.418 e. The molecule has 2 aromatic heterocycles. The molecule has 1 aromatic carbocycles. The van der Waals surface area contributed by atoms with Crippen LogP contribution in [0.2, 0.25) is 0 Å². The summed E-state index contributed by atoms with van der Waals surface area (Å²) in [5.74, 6) is 0.880. The molecule has 24 heavy (non-hydrogen) atoms. The number of aromatic nitrogens is 4. The number of hydrogen-bond donors (Lipinski definition) is 0. The van der Waals surface area contributed by atoms with Crippen LogP contribution in [0.5, 0.6) is 0 Å². The number of carbonyl (C=O) groups excluding carboxylic acids is 1. The highest BCUT2D eigenvalue weighted by molar-refractivity contribution is 6.16. The lowest BCUT2D eigenvalue weighted by molar-refractivity contribution is 0.0461. The van der Waals surface area contributed by atoms with Crippen molar-refractivity contribution in [3.63, 3.8) is 0 Å². The predicted molar refractivity (Wildman–Crippen MR) is 84.8 cm³/mol. The first-order chi connectivity index (χ1) is 11.8. The van der Waals surface area contributed by atoms with Gasteiger partial charge in [-0.2, -0.15) is 0 Å². The van der Waals surface area contributed by atoms with E-state index in [4.69, 9.17) is 16.0 Å². The molecule has 0 spiro atoms. The summed E-state index contributed by atoms with van der Waals surface area (Å²) in [6.07, 6.45) is 2.60. The number of imidazole rings is 1. The summed E-state index contributed by atoms with van der Waals surface area (Å²) in [6, 6.07) is 7.52. The first-order valence-corrected chi connectivity index (χ1v) is 8.17. The Morgan fingerprint density at radius 3 is 2.92 bits per heavy atom. The van der Waals surface area contributed by atoms with Gasteiger partial charge in [0.15, 0.2) is 5.69 Å². The monoisotopic (exact) mass is 341 g/mol. The number of rotatable bonds is 2. The number of carbonyl (C=O) groups is 1. The van der Waals surface area contributed by atoms with Crippen molar-refractivity contribution in [1.29, 1.82) is 0 Å². The van der Waals surface area contributed by atoms with Gasteiger partial charge >= 0.3 is 0 Å². The van der Waals surface area contributed by atoms with Crippen LogP contribution in [-0.2, 0) is 5.88 Å². The van der Waals surface area contributed by atoms with E-state index in [0.717, 1.165) is 24.3 Å². The summed E-state index contributed by atoms with van der Waals surface area (Å²) >= 11 is 5.75. The van der Waals surface area contributed by atoms with Gasteiger partial charge in [-0.15, -0.1) is 21.8 Å². The third kappa shape index (κ3) is 1.73. The van der Waals surface area contributed by atoms with Crippen LogP contribution < -0.4 is 0 Å². The summed E-state index contributed by atoms with van der Waals surface area (Å²) in [7, 11) is 0. The minimum absolute atomic E-state index is 0.0336. The van der Waals surface area contributed by atoms with Gasteiger partial charge in [-0.05, 0) is 18.6 Å². The molecule has 7 nitrogen and oxygen atoms in total. The van der Waals surface area contributed by atoms with Crippen molar-refractivity contribution in [1.82, 2.24) is 24.6 Å². The number of para-hydroxylation sites is 1. The van der Waals surface area contributed by atoms with Crippen molar-refractivity contribution in [2.45, 2.75) is 18.3 Å². The van der Waals surface area contributed by atoms with Crippen LogP contribution in [-0.4, -0.2) is 37.1 Å². The lowest BCUT2D eigenvalue weighted by Crippen LogP contribution is -2.44.